The third kappa shape index (κ3) is 4.72. The van der Waals surface area contributed by atoms with Crippen molar-refractivity contribution in [3.05, 3.63) is 78.1 Å². The molecule has 0 radical (unpaired) electrons. The number of nitrogens with zero attached hydrogens (tertiary/aromatic N) is 3. The van der Waals surface area contributed by atoms with Crippen LogP contribution in [0.5, 0.6) is 0 Å². The molecule has 4 rings (SSSR count). The zero-order chi connectivity index (χ0) is 18.5. The highest BCUT2D eigenvalue weighted by molar-refractivity contribution is 8.00. The first-order valence-corrected chi connectivity index (χ1v) is 10.0. The minimum atomic E-state index is -0.240. The van der Waals surface area contributed by atoms with Gasteiger partial charge in [-0.15, -0.1) is 10.2 Å². The summed E-state index contributed by atoms with van der Waals surface area (Å²) < 4.78 is 19.5. The van der Waals surface area contributed by atoms with Crippen LogP contribution in [0.1, 0.15) is 11.5 Å². The second-order valence-electron chi connectivity index (χ2n) is 5.63. The maximum atomic E-state index is 12.9. The SMILES string of the molecule is Fc1ccc(CNc2nnc(SCc3ncc(-c4ccccc4)o3)s2)cc1. The molecule has 27 heavy (non-hydrogen) atoms. The van der Waals surface area contributed by atoms with Crippen LogP contribution in [-0.2, 0) is 12.3 Å². The normalized spacial score (nSPS) is 10.9. The molecule has 0 aliphatic heterocycles. The van der Waals surface area contributed by atoms with E-state index in [9.17, 15) is 4.39 Å². The quantitative estimate of drug-likeness (QED) is 0.430. The predicted octanol–water partition coefficient (Wildman–Crippen LogP) is 5.24. The number of rotatable bonds is 7. The largest absolute Gasteiger partial charge is 0.440 e. The molecule has 136 valence electrons. The van der Waals surface area contributed by atoms with E-state index >= 15 is 0 Å². The lowest BCUT2D eigenvalue weighted by Crippen LogP contribution is -1.98. The van der Waals surface area contributed by atoms with Gasteiger partial charge in [0.2, 0.25) is 11.0 Å². The highest BCUT2D eigenvalue weighted by Crippen LogP contribution is 2.29. The van der Waals surface area contributed by atoms with Crippen LogP contribution in [0.25, 0.3) is 11.3 Å². The van der Waals surface area contributed by atoms with Crippen molar-refractivity contribution in [3.63, 3.8) is 0 Å². The summed E-state index contributed by atoms with van der Waals surface area (Å²) in [5, 5.41) is 12.2. The molecule has 4 aromatic rings. The summed E-state index contributed by atoms with van der Waals surface area (Å²) in [6.45, 7) is 0.569. The fraction of sp³-hybridized carbons (Fsp3) is 0.105. The predicted molar refractivity (Wildman–Crippen MR) is 105 cm³/mol. The Morgan fingerprint density at radius 3 is 2.67 bits per heavy atom. The van der Waals surface area contributed by atoms with Crippen molar-refractivity contribution in [1.82, 2.24) is 15.2 Å². The van der Waals surface area contributed by atoms with Crippen molar-refractivity contribution in [2.45, 2.75) is 16.6 Å². The van der Waals surface area contributed by atoms with Crippen molar-refractivity contribution in [2.75, 3.05) is 5.32 Å². The average Bonchev–Trinajstić information content (AvgIpc) is 3.36. The molecule has 0 unspecified atom stereocenters. The van der Waals surface area contributed by atoms with Gasteiger partial charge in [0.15, 0.2) is 10.1 Å². The summed E-state index contributed by atoms with van der Waals surface area (Å²) in [6, 6.07) is 16.2. The number of thioether (sulfide) groups is 1. The lowest BCUT2D eigenvalue weighted by molar-refractivity contribution is 0.530. The van der Waals surface area contributed by atoms with E-state index in [0.29, 0.717) is 18.2 Å². The van der Waals surface area contributed by atoms with Gasteiger partial charge in [-0.3, -0.25) is 0 Å². The van der Waals surface area contributed by atoms with Crippen LogP contribution in [0, 0.1) is 5.82 Å². The number of halogens is 1. The van der Waals surface area contributed by atoms with E-state index in [1.54, 1.807) is 18.3 Å². The zero-order valence-electron chi connectivity index (χ0n) is 14.1. The van der Waals surface area contributed by atoms with Gasteiger partial charge in [-0.2, -0.15) is 0 Å². The van der Waals surface area contributed by atoms with Crippen molar-refractivity contribution < 1.29 is 8.81 Å². The van der Waals surface area contributed by atoms with Crippen molar-refractivity contribution >= 4 is 28.2 Å². The number of hydrogen-bond acceptors (Lipinski definition) is 7. The van der Waals surface area contributed by atoms with Gasteiger partial charge in [0, 0.05) is 12.1 Å². The maximum Gasteiger partial charge on any atom is 0.206 e. The monoisotopic (exact) mass is 398 g/mol. The molecule has 0 fully saturated rings. The lowest BCUT2D eigenvalue weighted by atomic mass is 10.2. The summed E-state index contributed by atoms with van der Waals surface area (Å²) in [5.74, 6) is 1.75. The topological polar surface area (TPSA) is 63.8 Å². The van der Waals surface area contributed by atoms with Crippen LogP contribution in [0.3, 0.4) is 0 Å². The molecule has 0 saturated heterocycles. The Morgan fingerprint density at radius 1 is 1.04 bits per heavy atom. The molecule has 8 heteroatoms. The van der Waals surface area contributed by atoms with E-state index in [0.717, 1.165) is 26.4 Å². The molecule has 0 atom stereocenters. The van der Waals surface area contributed by atoms with Crippen molar-refractivity contribution in [3.8, 4) is 11.3 Å². The van der Waals surface area contributed by atoms with E-state index in [-0.39, 0.29) is 5.82 Å². The summed E-state index contributed by atoms with van der Waals surface area (Å²) in [7, 11) is 0. The Balaban J connectivity index is 1.31. The van der Waals surface area contributed by atoms with Gasteiger partial charge >= 0.3 is 0 Å². The Morgan fingerprint density at radius 2 is 1.85 bits per heavy atom. The van der Waals surface area contributed by atoms with E-state index in [2.05, 4.69) is 20.5 Å². The molecule has 0 amide bonds. The summed E-state index contributed by atoms with van der Waals surface area (Å²) >= 11 is 2.99. The number of hydrogen-bond donors (Lipinski definition) is 1. The standard InChI is InChI=1S/C19H15FN4OS2/c20-15-8-6-13(7-9-15)10-22-18-23-24-19(27-18)26-12-17-21-11-16(25-17)14-4-2-1-3-5-14/h1-9,11H,10,12H2,(H,22,23). The van der Waals surface area contributed by atoms with Crippen LogP contribution in [0.4, 0.5) is 9.52 Å². The Labute approximate surface area is 163 Å². The second-order valence-corrected chi connectivity index (χ2v) is 7.83. The molecule has 2 aromatic carbocycles. The molecule has 0 aliphatic carbocycles. The fourth-order valence-electron chi connectivity index (χ4n) is 2.36. The maximum absolute atomic E-state index is 12.9. The first-order valence-electron chi connectivity index (χ1n) is 8.21. The number of anilines is 1. The van der Waals surface area contributed by atoms with Crippen LogP contribution < -0.4 is 5.32 Å². The summed E-state index contributed by atoms with van der Waals surface area (Å²) in [5.41, 5.74) is 1.98. The Kier molecular flexibility index (Phi) is 5.45. The lowest BCUT2D eigenvalue weighted by Gasteiger charge is -2.01. The Bertz CT molecular complexity index is 1000. The fourth-order valence-corrected chi connectivity index (χ4v) is 3.96. The van der Waals surface area contributed by atoms with Gasteiger partial charge in [0.1, 0.15) is 5.82 Å². The van der Waals surface area contributed by atoms with Crippen LogP contribution in [-0.4, -0.2) is 15.2 Å². The smallest absolute Gasteiger partial charge is 0.206 e. The number of oxazole rings is 1. The number of benzene rings is 2. The van der Waals surface area contributed by atoms with Crippen LogP contribution in [0.15, 0.2) is 69.6 Å². The third-order valence-electron chi connectivity index (χ3n) is 3.69. The molecular formula is C19H15FN4OS2. The van der Waals surface area contributed by atoms with Crippen LogP contribution in [0.2, 0.25) is 0 Å². The van der Waals surface area contributed by atoms with Gasteiger partial charge in [-0.1, -0.05) is 65.6 Å². The molecule has 0 bridgehead atoms. The minimum absolute atomic E-state index is 0.240. The zero-order valence-corrected chi connectivity index (χ0v) is 15.8. The van der Waals surface area contributed by atoms with Gasteiger partial charge in [0.05, 0.1) is 11.9 Å². The second kappa shape index (κ2) is 8.32. The van der Waals surface area contributed by atoms with Gasteiger partial charge in [-0.05, 0) is 17.7 Å². The average molecular weight is 398 g/mol. The molecule has 1 N–H and O–H groups in total. The number of nitrogens with one attached hydrogen (secondary N) is 1. The van der Waals surface area contributed by atoms with E-state index in [4.69, 9.17) is 4.42 Å². The molecule has 0 saturated carbocycles. The van der Waals surface area contributed by atoms with Crippen molar-refractivity contribution in [2.24, 2.45) is 0 Å². The van der Waals surface area contributed by atoms with E-state index in [1.807, 2.05) is 30.3 Å². The Hall–Kier alpha value is -2.71. The minimum Gasteiger partial charge on any atom is -0.440 e. The highest BCUT2D eigenvalue weighted by atomic mass is 32.2. The highest BCUT2D eigenvalue weighted by Gasteiger charge is 2.09. The first kappa shape index (κ1) is 17.7. The third-order valence-corrected chi connectivity index (χ3v) is 5.69. The van der Waals surface area contributed by atoms with Crippen molar-refractivity contribution in [1.29, 1.82) is 0 Å². The number of aromatic nitrogens is 3. The molecule has 2 heterocycles. The van der Waals surface area contributed by atoms with Gasteiger partial charge in [-0.25, -0.2) is 9.37 Å². The van der Waals surface area contributed by atoms with Crippen LogP contribution >= 0.6 is 23.1 Å². The molecule has 5 nitrogen and oxygen atoms in total. The molecule has 2 aromatic heterocycles. The summed E-state index contributed by atoms with van der Waals surface area (Å²) in [6.07, 6.45) is 1.74. The first-order chi connectivity index (χ1) is 13.3. The van der Waals surface area contributed by atoms with Gasteiger partial charge < -0.3 is 9.73 Å². The summed E-state index contributed by atoms with van der Waals surface area (Å²) in [4.78, 5) is 4.32. The molecule has 0 spiro atoms. The van der Waals surface area contributed by atoms with E-state index < -0.39 is 0 Å². The molecular weight excluding hydrogens is 383 g/mol. The van der Waals surface area contributed by atoms with E-state index in [1.165, 1.54) is 35.2 Å². The van der Waals surface area contributed by atoms with Gasteiger partial charge in [0.25, 0.3) is 0 Å². The molecule has 0 aliphatic rings.